The van der Waals surface area contributed by atoms with Gasteiger partial charge in [-0.05, 0) is 64.9 Å². The van der Waals surface area contributed by atoms with E-state index in [1.165, 1.54) is 30.5 Å². The molecule has 2 atom stereocenters. The minimum Gasteiger partial charge on any atom is -0.494 e. The molecule has 0 amide bonds. The van der Waals surface area contributed by atoms with Crippen molar-refractivity contribution < 1.29 is 4.74 Å². The summed E-state index contributed by atoms with van der Waals surface area (Å²) in [6, 6.07) is 2.72. The summed E-state index contributed by atoms with van der Waals surface area (Å²) >= 11 is 3.39. The normalized spacial score (nSPS) is 26.7. The van der Waals surface area contributed by atoms with Gasteiger partial charge < -0.3 is 10.1 Å². The smallest absolute Gasteiger partial charge is 0.152 e. The van der Waals surface area contributed by atoms with Crippen LogP contribution in [-0.4, -0.2) is 24.7 Å². The van der Waals surface area contributed by atoms with E-state index in [1.807, 2.05) is 6.20 Å². The van der Waals surface area contributed by atoms with E-state index in [1.54, 1.807) is 7.11 Å². The second kappa shape index (κ2) is 5.02. The van der Waals surface area contributed by atoms with Crippen LogP contribution in [0, 0.1) is 5.92 Å². The van der Waals surface area contributed by atoms with Crippen LogP contribution < -0.4 is 10.1 Å². The van der Waals surface area contributed by atoms with Crippen molar-refractivity contribution in [3.05, 3.63) is 28.5 Å². The Morgan fingerprint density at radius 3 is 3.22 bits per heavy atom. The van der Waals surface area contributed by atoms with Crippen molar-refractivity contribution in [2.45, 2.75) is 25.3 Å². The van der Waals surface area contributed by atoms with Crippen LogP contribution in [0.4, 0.5) is 0 Å². The highest BCUT2D eigenvalue weighted by molar-refractivity contribution is 9.10. The van der Waals surface area contributed by atoms with Crippen LogP contribution in [0.3, 0.4) is 0 Å². The summed E-state index contributed by atoms with van der Waals surface area (Å²) in [7, 11) is 1.68. The molecule has 1 aliphatic carbocycles. The molecule has 2 unspecified atom stereocenters. The molecule has 0 aromatic carbocycles. The summed E-state index contributed by atoms with van der Waals surface area (Å²) in [5, 5.41) is 3.60. The first-order valence-corrected chi connectivity index (χ1v) is 7.19. The number of nitrogens with one attached hydrogen (secondary N) is 1. The molecule has 4 heteroatoms. The maximum absolute atomic E-state index is 5.31. The van der Waals surface area contributed by atoms with Gasteiger partial charge >= 0.3 is 0 Å². The Morgan fingerprint density at radius 1 is 1.50 bits per heavy atom. The number of ether oxygens (including phenoxy) is 1. The molecular weight excluding hydrogens is 292 g/mol. The van der Waals surface area contributed by atoms with Gasteiger partial charge in [-0.3, -0.25) is 0 Å². The summed E-state index contributed by atoms with van der Waals surface area (Å²) in [4.78, 5) is 4.34. The monoisotopic (exact) mass is 308 g/mol. The fourth-order valence-corrected chi connectivity index (χ4v) is 3.32. The topological polar surface area (TPSA) is 34.1 Å². The lowest BCUT2D eigenvalue weighted by molar-refractivity contribution is 0.409. The molecule has 0 bridgehead atoms. The fourth-order valence-electron chi connectivity index (χ4n) is 2.94. The van der Waals surface area contributed by atoms with Gasteiger partial charge in [-0.2, -0.15) is 0 Å². The first-order valence-electron chi connectivity index (χ1n) is 6.40. The maximum atomic E-state index is 5.31. The average molecular weight is 309 g/mol. The molecule has 1 fully saturated rings. The van der Waals surface area contributed by atoms with Gasteiger partial charge in [-0.25, -0.2) is 4.98 Å². The van der Waals surface area contributed by atoms with Crippen molar-refractivity contribution in [2.75, 3.05) is 13.7 Å². The average Bonchev–Trinajstić information content (AvgIpc) is 2.86. The van der Waals surface area contributed by atoms with E-state index >= 15 is 0 Å². The summed E-state index contributed by atoms with van der Waals surface area (Å²) in [5.41, 5.74) is 2.58. The van der Waals surface area contributed by atoms with Gasteiger partial charge in [0.2, 0.25) is 0 Å². The quantitative estimate of drug-likeness (QED) is 0.853. The second-order valence-corrected chi connectivity index (χ2v) is 5.75. The van der Waals surface area contributed by atoms with Crippen molar-refractivity contribution in [1.29, 1.82) is 0 Å². The van der Waals surface area contributed by atoms with Crippen molar-refractivity contribution in [2.24, 2.45) is 5.92 Å². The minimum atomic E-state index is 0.652. The van der Waals surface area contributed by atoms with Crippen molar-refractivity contribution in [3.63, 3.8) is 0 Å². The molecule has 96 valence electrons. The van der Waals surface area contributed by atoms with Crippen LogP contribution in [0.1, 0.15) is 24.8 Å². The zero-order valence-corrected chi connectivity index (χ0v) is 12.0. The third kappa shape index (κ3) is 2.19. The zero-order chi connectivity index (χ0) is 12.5. The van der Waals surface area contributed by atoms with E-state index < -0.39 is 0 Å². The van der Waals surface area contributed by atoms with Gasteiger partial charge in [-0.1, -0.05) is 6.08 Å². The van der Waals surface area contributed by atoms with E-state index in [4.69, 9.17) is 4.74 Å². The summed E-state index contributed by atoms with van der Waals surface area (Å²) in [6.45, 7) is 1.17. The van der Waals surface area contributed by atoms with Crippen LogP contribution in [0.25, 0.3) is 5.57 Å². The molecule has 0 saturated carbocycles. The third-order valence-corrected chi connectivity index (χ3v) is 4.59. The van der Waals surface area contributed by atoms with Gasteiger partial charge in [0, 0.05) is 12.2 Å². The van der Waals surface area contributed by atoms with Gasteiger partial charge in [0.25, 0.3) is 0 Å². The first-order chi connectivity index (χ1) is 8.78. The van der Waals surface area contributed by atoms with E-state index in [0.29, 0.717) is 6.04 Å². The Morgan fingerprint density at radius 2 is 2.39 bits per heavy atom. The van der Waals surface area contributed by atoms with E-state index in [2.05, 4.69) is 38.4 Å². The highest BCUT2D eigenvalue weighted by Crippen LogP contribution is 2.36. The lowest BCUT2D eigenvalue weighted by atomic mass is 9.84. The number of allylic oxidation sites excluding steroid dienone is 1. The van der Waals surface area contributed by atoms with E-state index in [0.717, 1.165) is 22.7 Å². The molecule has 18 heavy (non-hydrogen) atoms. The standard InChI is InChI=1S/C14H17BrN2O/c1-18-13-7-11(8-17-14(13)15)10-3-2-9-4-5-16-12(9)6-10/h3,7-9,12,16H,2,4-6H2,1H3. The van der Waals surface area contributed by atoms with Crippen LogP contribution in [-0.2, 0) is 0 Å². The highest BCUT2D eigenvalue weighted by atomic mass is 79.9. The predicted molar refractivity (Wildman–Crippen MR) is 75.6 cm³/mol. The van der Waals surface area contributed by atoms with Crippen LogP contribution in [0.2, 0.25) is 0 Å². The molecule has 0 radical (unpaired) electrons. The van der Waals surface area contributed by atoms with Crippen LogP contribution in [0.15, 0.2) is 22.9 Å². The van der Waals surface area contributed by atoms with E-state index in [9.17, 15) is 0 Å². The maximum Gasteiger partial charge on any atom is 0.152 e. The molecule has 1 aliphatic heterocycles. The number of nitrogens with zero attached hydrogens (tertiary/aromatic N) is 1. The first kappa shape index (κ1) is 12.2. The van der Waals surface area contributed by atoms with Gasteiger partial charge in [0.15, 0.2) is 5.75 Å². The number of halogens is 1. The number of fused-ring (bicyclic) bond motifs is 1. The molecule has 2 aliphatic rings. The summed E-state index contributed by atoms with van der Waals surface area (Å²) < 4.78 is 6.08. The summed E-state index contributed by atoms with van der Waals surface area (Å²) in [5.74, 6) is 1.63. The fraction of sp³-hybridized carbons (Fsp3) is 0.500. The Labute approximate surface area is 116 Å². The largest absolute Gasteiger partial charge is 0.494 e. The number of hydrogen-bond donors (Lipinski definition) is 1. The predicted octanol–water partition coefficient (Wildman–Crippen LogP) is 3.01. The van der Waals surface area contributed by atoms with Crippen molar-refractivity contribution in [3.8, 4) is 5.75 Å². The molecule has 2 heterocycles. The Hall–Kier alpha value is -0.870. The van der Waals surface area contributed by atoms with E-state index in [-0.39, 0.29) is 0 Å². The number of hydrogen-bond acceptors (Lipinski definition) is 3. The lowest BCUT2D eigenvalue weighted by Crippen LogP contribution is -2.29. The third-order valence-electron chi connectivity index (χ3n) is 4.00. The molecule has 1 aromatic rings. The molecule has 0 spiro atoms. The van der Waals surface area contributed by atoms with Crippen LogP contribution in [0.5, 0.6) is 5.75 Å². The highest BCUT2D eigenvalue weighted by Gasteiger charge is 2.30. The van der Waals surface area contributed by atoms with Crippen molar-refractivity contribution >= 4 is 21.5 Å². The van der Waals surface area contributed by atoms with Gasteiger partial charge in [0.05, 0.1) is 7.11 Å². The molecule has 3 nitrogen and oxygen atoms in total. The second-order valence-electron chi connectivity index (χ2n) is 5.00. The SMILES string of the molecule is COc1cc(C2=CCC3CCNC3C2)cnc1Br. The Balaban J connectivity index is 1.86. The molecule has 1 N–H and O–H groups in total. The molecule has 1 saturated heterocycles. The number of aromatic nitrogens is 1. The van der Waals surface area contributed by atoms with Crippen LogP contribution >= 0.6 is 15.9 Å². The van der Waals surface area contributed by atoms with Gasteiger partial charge in [-0.15, -0.1) is 0 Å². The number of pyridine rings is 1. The number of methoxy groups -OCH3 is 1. The number of rotatable bonds is 2. The lowest BCUT2D eigenvalue weighted by Gasteiger charge is -2.25. The zero-order valence-electron chi connectivity index (χ0n) is 10.4. The molecule has 1 aromatic heterocycles. The van der Waals surface area contributed by atoms with Gasteiger partial charge in [0.1, 0.15) is 4.60 Å². The molecular formula is C14H17BrN2O. The molecule has 3 rings (SSSR count). The Bertz CT molecular complexity index is 487. The van der Waals surface area contributed by atoms with Crippen molar-refractivity contribution in [1.82, 2.24) is 10.3 Å². The Kier molecular flexibility index (Phi) is 3.39. The summed E-state index contributed by atoms with van der Waals surface area (Å²) in [6.07, 6.45) is 7.91. The minimum absolute atomic E-state index is 0.652.